The van der Waals surface area contributed by atoms with Crippen molar-refractivity contribution in [1.29, 1.82) is 0 Å². The summed E-state index contributed by atoms with van der Waals surface area (Å²) in [6.07, 6.45) is 23.3. The minimum Gasteiger partial charge on any atom is -0.475 e. The van der Waals surface area contributed by atoms with Crippen molar-refractivity contribution >= 4 is 5.90 Å². The number of unbranched alkanes of at least 4 members (excludes halogenated alkanes) is 14. The number of hydrogen-bond acceptors (Lipinski definition) is 2. The largest absolute Gasteiger partial charge is 0.475 e. The molecule has 0 aromatic heterocycles. The van der Waals surface area contributed by atoms with E-state index in [1.165, 1.54) is 96.3 Å². The highest BCUT2D eigenvalue weighted by atomic mass is 16.5. The Kier molecular flexibility index (Phi) is 13.1. The van der Waals surface area contributed by atoms with Crippen molar-refractivity contribution in [2.45, 2.75) is 148 Å². The number of aliphatic imine (C=N–C) groups is 1. The third kappa shape index (κ3) is 12.8. The molecule has 0 aromatic carbocycles. The van der Waals surface area contributed by atoms with Crippen LogP contribution in [0.2, 0.25) is 0 Å². The molecule has 1 atom stereocenters. The van der Waals surface area contributed by atoms with E-state index >= 15 is 0 Å². The molecule has 0 saturated heterocycles. The maximum absolute atomic E-state index is 6.01. The number of hydrogen-bond donors (Lipinski definition) is 0. The Morgan fingerprint density at radius 3 is 1.62 bits per heavy atom. The maximum atomic E-state index is 6.01. The van der Waals surface area contributed by atoms with Gasteiger partial charge in [-0.25, -0.2) is 0 Å². The van der Waals surface area contributed by atoms with Crippen molar-refractivity contribution in [2.24, 2.45) is 4.99 Å². The second-order valence-electron chi connectivity index (χ2n) is 9.14. The highest BCUT2D eigenvalue weighted by Crippen LogP contribution is 2.25. The van der Waals surface area contributed by atoms with Crippen molar-refractivity contribution in [2.75, 3.05) is 0 Å². The van der Waals surface area contributed by atoms with Crippen LogP contribution in [0.4, 0.5) is 0 Å². The van der Waals surface area contributed by atoms with E-state index in [1.54, 1.807) is 0 Å². The molecular weight excluding hydrogens is 318 g/mol. The third-order valence-corrected chi connectivity index (χ3v) is 5.54. The molecule has 0 aliphatic carbocycles. The van der Waals surface area contributed by atoms with Gasteiger partial charge in [-0.15, -0.1) is 0 Å². The molecule has 1 rings (SSSR count). The molecular formula is C24H47NO. The van der Waals surface area contributed by atoms with Gasteiger partial charge in [0.15, 0.2) is 5.90 Å². The summed E-state index contributed by atoms with van der Waals surface area (Å²) < 4.78 is 6.01. The SMILES string of the molecule is CCCCCCCCCCCCCCCCCC1=NC(C)CC(C)(C)O1. The Labute approximate surface area is 164 Å². The zero-order valence-electron chi connectivity index (χ0n) is 18.5. The average Bonchev–Trinajstić information content (AvgIpc) is 2.56. The van der Waals surface area contributed by atoms with E-state index in [1.807, 2.05) is 0 Å². The van der Waals surface area contributed by atoms with Gasteiger partial charge < -0.3 is 4.74 Å². The van der Waals surface area contributed by atoms with Crippen LogP contribution in [-0.2, 0) is 4.74 Å². The fraction of sp³-hybridized carbons (Fsp3) is 0.958. The second kappa shape index (κ2) is 14.5. The van der Waals surface area contributed by atoms with Crippen molar-refractivity contribution in [3.63, 3.8) is 0 Å². The van der Waals surface area contributed by atoms with Crippen molar-refractivity contribution in [3.8, 4) is 0 Å². The summed E-state index contributed by atoms with van der Waals surface area (Å²) in [5.41, 5.74) is -0.0218. The van der Waals surface area contributed by atoms with E-state index in [-0.39, 0.29) is 5.60 Å². The standard InChI is InChI=1S/C24H47NO/c1-5-6-7-8-9-10-11-12-13-14-15-16-17-18-19-20-23-25-22(2)21-24(3,4)26-23/h22H,5-21H2,1-4H3. The molecule has 0 bridgehead atoms. The van der Waals surface area contributed by atoms with E-state index in [2.05, 4.69) is 32.7 Å². The van der Waals surface area contributed by atoms with Gasteiger partial charge in [-0.2, -0.15) is 0 Å². The molecule has 154 valence electrons. The van der Waals surface area contributed by atoms with Crippen LogP contribution in [0.5, 0.6) is 0 Å². The predicted molar refractivity (Wildman–Crippen MR) is 116 cm³/mol. The smallest absolute Gasteiger partial charge is 0.184 e. The van der Waals surface area contributed by atoms with Gasteiger partial charge >= 0.3 is 0 Å². The molecule has 0 aromatic rings. The molecule has 0 spiro atoms. The van der Waals surface area contributed by atoms with Crippen molar-refractivity contribution < 1.29 is 4.74 Å². The third-order valence-electron chi connectivity index (χ3n) is 5.54. The van der Waals surface area contributed by atoms with Crippen LogP contribution >= 0.6 is 0 Å². The van der Waals surface area contributed by atoms with Crippen molar-refractivity contribution in [1.82, 2.24) is 0 Å². The van der Waals surface area contributed by atoms with E-state index in [0.717, 1.165) is 18.7 Å². The first-order valence-electron chi connectivity index (χ1n) is 11.8. The molecule has 26 heavy (non-hydrogen) atoms. The van der Waals surface area contributed by atoms with E-state index < -0.39 is 0 Å². The lowest BCUT2D eigenvalue weighted by atomic mass is 9.98. The Morgan fingerprint density at radius 1 is 0.769 bits per heavy atom. The highest BCUT2D eigenvalue weighted by molar-refractivity contribution is 5.77. The van der Waals surface area contributed by atoms with Gasteiger partial charge in [0.25, 0.3) is 0 Å². The minimum absolute atomic E-state index is 0.0218. The predicted octanol–water partition coefficient (Wildman–Crippen LogP) is 8.23. The summed E-state index contributed by atoms with van der Waals surface area (Å²) >= 11 is 0. The topological polar surface area (TPSA) is 21.6 Å². The van der Waals surface area contributed by atoms with Crippen LogP contribution in [0, 0.1) is 0 Å². The van der Waals surface area contributed by atoms with Crippen LogP contribution < -0.4 is 0 Å². The highest BCUT2D eigenvalue weighted by Gasteiger charge is 2.28. The molecule has 2 nitrogen and oxygen atoms in total. The zero-order chi connectivity index (χ0) is 19.1. The number of nitrogens with zero attached hydrogens (tertiary/aromatic N) is 1. The summed E-state index contributed by atoms with van der Waals surface area (Å²) in [5, 5.41) is 0. The first-order valence-corrected chi connectivity index (χ1v) is 11.8. The van der Waals surface area contributed by atoms with Gasteiger partial charge in [-0.05, 0) is 27.2 Å². The summed E-state index contributed by atoms with van der Waals surface area (Å²) in [4.78, 5) is 4.68. The Bertz CT molecular complexity index is 361. The molecule has 1 heterocycles. The van der Waals surface area contributed by atoms with Crippen LogP contribution in [0.25, 0.3) is 0 Å². The second-order valence-corrected chi connectivity index (χ2v) is 9.14. The molecule has 0 fully saturated rings. The number of rotatable bonds is 16. The summed E-state index contributed by atoms with van der Waals surface area (Å²) in [6.45, 7) is 8.87. The molecule has 0 N–H and O–H groups in total. The van der Waals surface area contributed by atoms with Crippen LogP contribution in [0.15, 0.2) is 4.99 Å². The fourth-order valence-corrected chi connectivity index (χ4v) is 4.15. The van der Waals surface area contributed by atoms with Crippen molar-refractivity contribution in [3.05, 3.63) is 0 Å². The van der Waals surface area contributed by atoms with Gasteiger partial charge in [0.05, 0.1) is 6.04 Å². The van der Waals surface area contributed by atoms with Crippen LogP contribution in [-0.4, -0.2) is 17.5 Å². The lowest BCUT2D eigenvalue weighted by molar-refractivity contribution is 0.0605. The molecule has 0 amide bonds. The van der Waals surface area contributed by atoms with Gasteiger partial charge in [-0.3, -0.25) is 4.99 Å². The van der Waals surface area contributed by atoms with Gasteiger partial charge in [0.2, 0.25) is 0 Å². The Hall–Kier alpha value is -0.530. The van der Waals surface area contributed by atoms with Gasteiger partial charge in [-0.1, -0.05) is 96.8 Å². The maximum Gasteiger partial charge on any atom is 0.184 e. The Balaban J connectivity index is 1.83. The molecule has 0 radical (unpaired) electrons. The lowest BCUT2D eigenvalue weighted by Crippen LogP contribution is -2.36. The normalized spacial score (nSPS) is 19.2. The molecule has 1 aliphatic rings. The first-order chi connectivity index (χ1) is 12.5. The van der Waals surface area contributed by atoms with E-state index in [9.17, 15) is 0 Å². The van der Waals surface area contributed by atoms with Crippen LogP contribution in [0.1, 0.15) is 137 Å². The monoisotopic (exact) mass is 365 g/mol. The summed E-state index contributed by atoms with van der Waals surface area (Å²) in [6, 6.07) is 0.421. The van der Waals surface area contributed by atoms with Gasteiger partial charge in [0, 0.05) is 12.8 Å². The molecule has 1 aliphatic heterocycles. The summed E-state index contributed by atoms with van der Waals surface area (Å²) in [5.74, 6) is 1.00. The molecule has 2 heteroatoms. The quantitative estimate of drug-likeness (QED) is 0.252. The summed E-state index contributed by atoms with van der Waals surface area (Å²) in [7, 11) is 0. The first kappa shape index (κ1) is 23.5. The zero-order valence-corrected chi connectivity index (χ0v) is 18.5. The average molecular weight is 366 g/mol. The molecule has 0 saturated carbocycles. The molecule has 1 unspecified atom stereocenters. The minimum atomic E-state index is -0.0218. The van der Waals surface area contributed by atoms with E-state index in [0.29, 0.717) is 6.04 Å². The Morgan fingerprint density at radius 2 is 1.19 bits per heavy atom. The number of ether oxygens (including phenoxy) is 1. The van der Waals surface area contributed by atoms with Crippen LogP contribution in [0.3, 0.4) is 0 Å². The van der Waals surface area contributed by atoms with Gasteiger partial charge in [0.1, 0.15) is 5.60 Å². The lowest BCUT2D eigenvalue weighted by Gasteiger charge is -2.33. The van der Waals surface area contributed by atoms with E-state index in [4.69, 9.17) is 4.74 Å². The fourth-order valence-electron chi connectivity index (χ4n) is 4.15.